The van der Waals surface area contributed by atoms with Crippen LogP contribution in [0.5, 0.6) is 0 Å². The highest BCUT2D eigenvalue weighted by Crippen LogP contribution is 2.34. The molecule has 0 bridgehead atoms. The molecule has 1 unspecified atom stereocenters. The second-order valence-corrected chi connectivity index (χ2v) is 7.04. The van der Waals surface area contributed by atoms with Crippen molar-refractivity contribution < 1.29 is 18.8 Å². The molecule has 3 aromatic rings. The standard InChI is InChI=1S/C21H12BrN3O4/c1-11(26)16(10-24)21(28)25-18-15-8-14(22)6-7-17(15)29-20(18)19(27)13-4-2-12(9-23)3-5-13/h2-8,16H,1H3,(H,25,28). The fourth-order valence-corrected chi connectivity index (χ4v) is 3.07. The van der Waals surface area contributed by atoms with Gasteiger partial charge in [0.15, 0.2) is 17.5 Å². The summed E-state index contributed by atoms with van der Waals surface area (Å²) in [5, 5.41) is 20.9. The van der Waals surface area contributed by atoms with Gasteiger partial charge in [-0.1, -0.05) is 15.9 Å². The highest BCUT2D eigenvalue weighted by molar-refractivity contribution is 9.10. The molecule has 0 aliphatic heterocycles. The molecule has 0 fully saturated rings. The summed E-state index contributed by atoms with van der Waals surface area (Å²) in [6, 6.07) is 14.5. The van der Waals surface area contributed by atoms with Gasteiger partial charge < -0.3 is 9.73 Å². The molecule has 3 rings (SSSR count). The van der Waals surface area contributed by atoms with Crippen molar-refractivity contribution in [3.63, 3.8) is 0 Å². The van der Waals surface area contributed by atoms with Gasteiger partial charge in [0.1, 0.15) is 5.58 Å². The second kappa shape index (κ2) is 8.09. The van der Waals surface area contributed by atoms with Crippen LogP contribution < -0.4 is 5.32 Å². The van der Waals surface area contributed by atoms with Crippen LogP contribution in [0.2, 0.25) is 0 Å². The lowest BCUT2D eigenvalue weighted by molar-refractivity contribution is -0.127. The minimum absolute atomic E-state index is 0.0714. The lowest BCUT2D eigenvalue weighted by atomic mass is 10.0. The summed E-state index contributed by atoms with van der Waals surface area (Å²) in [5.41, 5.74) is 1.06. The summed E-state index contributed by atoms with van der Waals surface area (Å²) >= 11 is 3.33. The maximum absolute atomic E-state index is 13.0. The third-order valence-corrected chi connectivity index (χ3v) is 4.67. The minimum Gasteiger partial charge on any atom is -0.450 e. The number of carbonyl (C=O) groups excluding carboxylic acids is 3. The number of carbonyl (C=O) groups is 3. The summed E-state index contributed by atoms with van der Waals surface area (Å²) in [6.45, 7) is 1.14. The number of hydrogen-bond acceptors (Lipinski definition) is 6. The Labute approximate surface area is 173 Å². The number of nitrogens with zero attached hydrogens (tertiary/aromatic N) is 2. The first kappa shape index (κ1) is 20.0. The summed E-state index contributed by atoms with van der Waals surface area (Å²) in [7, 11) is 0. The van der Waals surface area contributed by atoms with Crippen molar-refractivity contribution in [2.24, 2.45) is 5.92 Å². The van der Waals surface area contributed by atoms with Gasteiger partial charge in [0, 0.05) is 15.4 Å². The van der Waals surface area contributed by atoms with Crippen LogP contribution in [0.1, 0.15) is 28.6 Å². The Morgan fingerprint density at radius 2 is 1.79 bits per heavy atom. The molecular formula is C21H12BrN3O4. The van der Waals surface area contributed by atoms with E-state index in [0.29, 0.717) is 21.0 Å². The van der Waals surface area contributed by atoms with E-state index < -0.39 is 23.4 Å². The van der Waals surface area contributed by atoms with Crippen LogP contribution >= 0.6 is 15.9 Å². The van der Waals surface area contributed by atoms with Gasteiger partial charge in [-0.25, -0.2) is 0 Å². The van der Waals surface area contributed by atoms with E-state index in [1.165, 1.54) is 24.3 Å². The SMILES string of the molecule is CC(=O)C(C#N)C(=O)Nc1c(C(=O)c2ccc(C#N)cc2)oc2ccc(Br)cc12. The molecule has 0 saturated carbocycles. The molecule has 142 valence electrons. The second-order valence-electron chi connectivity index (χ2n) is 6.13. The van der Waals surface area contributed by atoms with E-state index in [0.717, 1.165) is 6.92 Å². The van der Waals surface area contributed by atoms with Crippen molar-refractivity contribution in [3.05, 3.63) is 63.8 Å². The van der Waals surface area contributed by atoms with E-state index >= 15 is 0 Å². The van der Waals surface area contributed by atoms with E-state index in [9.17, 15) is 14.4 Å². The van der Waals surface area contributed by atoms with Gasteiger partial charge in [-0.15, -0.1) is 0 Å². The van der Waals surface area contributed by atoms with Crippen LogP contribution in [-0.4, -0.2) is 17.5 Å². The average Bonchev–Trinajstić information content (AvgIpc) is 3.05. The van der Waals surface area contributed by atoms with Gasteiger partial charge in [0.25, 0.3) is 0 Å². The molecule has 29 heavy (non-hydrogen) atoms. The molecule has 1 aromatic heterocycles. The van der Waals surface area contributed by atoms with Crippen molar-refractivity contribution in [3.8, 4) is 12.1 Å². The normalized spacial score (nSPS) is 11.3. The number of anilines is 1. The Bertz CT molecular complexity index is 1230. The predicted octanol–water partition coefficient (Wildman–Crippen LogP) is 3.97. The first-order chi connectivity index (χ1) is 13.8. The smallest absolute Gasteiger partial charge is 0.249 e. The lowest BCUT2D eigenvalue weighted by Gasteiger charge is -2.08. The molecule has 1 atom stereocenters. The van der Waals surface area contributed by atoms with Crippen molar-refractivity contribution in [2.45, 2.75) is 6.92 Å². The largest absolute Gasteiger partial charge is 0.450 e. The molecule has 1 amide bonds. The van der Waals surface area contributed by atoms with E-state index in [1.54, 1.807) is 24.3 Å². The van der Waals surface area contributed by atoms with E-state index in [2.05, 4.69) is 21.2 Å². The zero-order valence-corrected chi connectivity index (χ0v) is 16.6. The van der Waals surface area contributed by atoms with Crippen molar-refractivity contribution >= 4 is 50.1 Å². The minimum atomic E-state index is -1.51. The maximum Gasteiger partial charge on any atom is 0.249 e. The number of benzene rings is 2. The lowest BCUT2D eigenvalue weighted by Crippen LogP contribution is -2.27. The zero-order chi connectivity index (χ0) is 21.1. The van der Waals surface area contributed by atoms with Gasteiger partial charge in [0.05, 0.1) is 23.4 Å². The number of furan rings is 1. The molecule has 1 heterocycles. The number of fused-ring (bicyclic) bond motifs is 1. The topological polar surface area (TPSA) is 124 Å². The Kier molecular flexibility index (Phi) is 5.58. The maximum atomic E-state index is 13.0. The first-order valence-corrected chi connectivity index (χ1v) is 9.13. The molecule has 8 heteroatoms. The highest BCUT2D eigenvalue weighted by Gasteiger charge is 2.28. The average molecular weight is 450 g/mol. The molecule has 0 radical (unpaired) electrons. The number of ketones is 2. The van der Waals surface area contributed by atoms with Crippen LogP contribution in [0.15, 0.2) is 51.4 Å². The summed E-state index contributed by atoms with van der Waals surface area (Å²) in [5.74, 6) is -3.63. The Balaban J connectivity index is 2.11. The quantitative estimate of drug-likeness (QED) is 0.464. The molecule has 0 spiro atoms. The fraction of sp³-hybridized carbons (Fsp3) is 0.0952. The Morgan fingerprint density at radius 3 is 2.38 bits per heavy atom. The van der Waals surface area contributed by atoms with Crippen LogP contribution in [0.4, 0.5) is 5.69 Å². The Morgan fingerprint density at radius 1 is 1.10 bits per heavy atom. The number of nitrogens with one attached hydrogen (secondary N) is 1. The van der Waals surface area contributed by atoms with Gasteiger partial charge >= 0.3 is 0 Å². The van der Waals surface area contributed by atoms with Gasteiger partial charge in [-0.2, -0.15) is 10.5 Å². The first-order valence-electron chi connectivity index (χ1n) is 8.33. The molecule has 0 saturated heterocycles. The number of Topliss-reactive ketones (excluding diaryl/α,β-unsaturated/α-hetero) is 1. The number of rotatable bonds is 5. The molecule has 0 aliphatic carbocycles. The van der Waals surface area contributed by atoms with Crippen LogP contribution in [-0.2, 0) is 9.59 Å². The zero-order valence-electron chi connectivity index (χ0n) is 15.0. The van der Waals surface area contributed by atoms with Crippen LogP contribution in [0.25, 0.3) is 11.0 Å². The number of amides is 1. The monoisotopic (exact) mass is 449 g/mol. The molecule has 1 N–H and O–H groups in total. The molecule has 0 aliphatic rings. The predicted molar refractivity (Wildman–Crippen MR) is 107 cm³/mol. The van der Waals surface area contributed by atoms with Crippen LogP contribution in [0.3, 0.4) is 0 Å². The van der Waals surface area contributed by atoms with E-state index in [4.69, 9.17) is 14.9 Å². The van der Waals surface area contributed by atoms with Gasteiger partial charge in [-0.05, 0) is 49.4 Å². The highest BCUT2D eigenvalue weighted by atomic mass is 79.9. The summed E-state index contributed by atoms with van der Waals surface area (Å²) in [6.07, 6.45) is 0. The van der Waals surface area contributed by atoms with E-state index in [1.807, 2.05) is 6.07 Å². The third kappa shape index (κ3) is 3.93. The van der Waals surface area contributed by atoms with Crippen molar-refractivity contribution in [2.75, 3.05) is 5.32 Å². The van der Waals surface area contributed by atoms with Gasteiger partial charge in [0.2, 0.25) is 11.7 Å². The Hall–Kier alpha value is -3.75. The summed E-state index contributed by atoms with van der Waals surface area (Å²) < 4.78 is 6.37. The number of nitriles is 2. The molecule has 7 nitrogen and oxygen atoms in total. The molecular weight excluding hydrogens is 438 g/mol. The van der Waals surface area contributed by atoms with Crippen molar-refractivity contribution in [1.29, 1.82) is 10.5 Å². The van der Waals surface area contributed by atoms with E-state index in [-0.39, 0.29) is 17.0 Å². The summed E-state index contributed by atoms with van der Waals surface area (Å²) in [4.78, 5) is 37.0. The molecule has 2 aromatic carbocycles. The van der Waals surface area contributed by atoms with Crippen LogP contribution in [0, 0.1) is 28.6 Å². The number of hydrogen-bond donors (Lipinski definition) is 1. The van der Waals surface area contributed by atoms with Gasteiger partial charge in [-0.3, -0.25) is 14.4 Å². The third-order valence-electron chi connectivity index (χ3n) is 4.18. The number of halogens is 1. The fourth-order valence-electron chi connectivity index (χ4n) is 2.71. The van der Waals surface area contributed by atoms with Crippen molar-refractivity contribution in [1.82, 2.24) is 0 Å².